The van der Waals surface area contributed by atoms with Gasteiger partial charge >= 0.3 is 0 Å². The van der Waals surface area contributed by atoms with Gasteiger partial charge in [0.2, 0.25) is 0 Å². The van der Waals surface area contributed by atoms with Crippen LogP contribution in [0, 0.1) is 25.7 Å². The molecular formula is C20H25NO3. The quantitative estimate of drug-likeness (QED) is 0.941. The molecule has 0 unspecified atom stereocenters. The van der Waals surface area contributed by atoms with Gasteiger partial charge in [-0.15, -0.1) is 0 Å². The van der Waals surface area contributed by atoms with E-state index in [9.17, 15) is 5.11 Å². The molecule has 1 spiro atoms. The number of rotatable bonds is 3. The lowest BCUT2D eigenvalue weighted by Gasteiger charge is -2.28. The summed E-state index contributed by atoms with van der Waals surface area (Å²) in [5.41, 5.74) is 3.50. The number of benzene rings is 1. The van der Waals surface area contributed by atoms with Gasteiger partial charge in [-0.3, -0.25) is 4.90 Å². The minimum absolute atomic E-state index is 0.00539. The summed E-state index contributed by atoms with van der Waals surface area (Å²) in [4.78, 5) is 2.46. The molecule has 3 saturated heterocycles. The standard InChI is InChI=1S/C20H25NO3/c1-12-3-4-17-14(7-12)13(2)19(23-17)9-21-8-16-15(10-22)18-5-6-20(16,11-21)24-18/h3-4,7,15-16,18,22H,5-6,8-11H2,1-2H3/t15-,16+,18+,20+/m0/s1. The molecule has 3 aliphatic heterocycles. The Labute approximate surface area is 142 Å². The molecule has 0 amide bonds. The second-order valence-corrected chi connectivity index (χ2v) is 8.03. The molecule has 3 fully saturated rings. The number of hydrogen-bond donors (Lipinski definition) is 1. The Balaban J connectivity index is 1.41. The van der Waals surface area contributed by atoms with Crippen LogP contribution in [-0.2, 0) is 11.3 Å². The predicted octanol–water partition coefficient (Wildman–Crippen LogP) is 3.02. The van der Waals surface area contributed by atoms with Crippen LogP contribution in [0.3, 0.4) is 0 Å². The maximum Gasteiger partial charge on any atom is 0.134 e. The fourth-order valence-electron chi connectivity index (χ4n) is 5.39. The lowest BCUT2D eigenvalue weighted by Crippen LogP contribution is -2.37. The number of fused-ring (bicyclic) bond motifs is 2. The van der Waals surface area contributed by atoms with E-state index >= 15 is 0 Å². The monoisotopic (exact) mass is 327 g/mol. The minimum Gasteiger partial charge on any atom is -0.459 e. The average Bonchev–Trinajstić information content (AvgIpc) is 3.27. The summed E-state index contributed by atoms with van der Waals surface area (Å²) < 4.78 is 12.5. The first-order valence-electron chi connectivity index (χ1n) is 9.09. The first-order chi connectivity index (χ1) is 11.6. The molecule has 2 aromatic rings. The highest BCUT2D eigenvalue weighted by atomic mass is 16.5. The Hall–Kier alpha value is -1.36. The minimum atomic E-state index is -0.00539. The molecule has 1 aromatic heterocycles. The van der Waals surface area contributed by atoms with Gasteiger partial charge in [0.25, 0.3) is 0 Å². The van der Waals surface area contributed by atoms with E-state index in [1.165, 1.54) is 16.5 Å². The van der Waals surface area contributed by atoms with Crippen molar-refractivity contribution in [3.05, 3.63) is 35.1 Å². The molecule has 2 bridgehead atoms. The second kappa shape index (κ2) is 5.07. The number of nitrogens with zero attached hydrogens (tertiary/aromatic N) is 1. The molecule has 24 heavy (non-hydrogen) atoms. The fraction of sp³-hybridized carbons (Fsp3) is 0.600. The summed E-state index contributed by atoms with van der Waals surface area (Å²) in [5.74, 6) is 1.87. The zero-order valence-electron chi connectivity index (χ0n) is 14.4. The summed E-state index contributed by atoms with van der Waals surface area (Å²) in [5, 5.41) is 11.0. The maximum absolute atomic E-state index is 9.76. The summed E-state index contributed by atoms with van der Waals surface area (Å²) in [7, 11) is 0. The Morgan fingerprint density at radius 1 is 1.33 bits per heavy atom. The molecule has 0 aliphatic carbocycles. The zero-order chi connectivity index (χ0) is 16.5. The normalized spacial score (nSPS) is 35.2. The molecule has 0 radical (unpaired) electrons. The van der Waals surface area contributed by atoms with Gasteiger partial charge in [0.05, 0.1) is 18.2 Å². The molecule has 4 heteroatoms. The number of aryl methyl sites for hydroxylation is 2. The molecule has 4 heterocycles. The van der Waals surface area contributed by atoms with Crippen molar-refractivity contribution in [2.75, 3.05) is 19.7 Å². The van der Waals surface area contributed by atoms with Gasteiger partial charge in [0.15, 0.2) is 0 Å². The second-order valence-electron chi connectivity index (χ2n) is 8.03. The van der Waals surface area contributed by atoms with Crippen LogP contribution in [0.25, 0.3) is 11.0 Å². The van der Waals surface area contributed by atoms with Gasteiger partial charge in [0, 0.05) is 36.9 Å². The van der Waals surface area contributed by atoms with Crippen LogP contribution >= 0.6 is 0 Å². The van der Waals surface area contributed by atoms with E-state index in [-0.39, 0.29) is 18.3 Å². The summed E-state index contributed by atoms with van der Waals surface area (Å²) >= 11 is 0. The summed E-state index contributed by atoms with van der Waals surface area (Å²) in [6.07, 6.45) is 2.55. The van der Waals surface area contributed by atoms with E-state index < -0.39 is 0 Å². The summed E-state index contributed by atoms with van der Waals surface area (Å²) in [6.45, 7) is 7.36. The van der Waals surface area contributed by atoms with Crippen LogP contribution in [0.15, 0.2) is 22.6 Å². The van der Waals surface area contributed by atoms with Crippen molar-refractivity contribution in [3.63, 3.8) is 0 Å². The number of hydrogen-bond acceptors (Lipinski definition) is 4. The van der Waals surface area contributed by atoms with Crippen LogP contribution in [0.5, 0.6) is 0 Å². The predicted molar refractivity (Wildman–Crippen MR) is 91.9 cm³/mol. The third-order valence-corrected chi connectivity index (χ3v) is 6.62. The third-order valence-electron chi connectivity index (χ3n) is 6.62. The fourth-order valence-corrected chi connectivity index (χ4v) is 5.39. The molecule has 1 N–H and O–H groups in total. The zero-order valence-corrected chi connectivity index (χ0v) is 14.4. The van der Waals surface area contributed by atoms with Crippen LogP contribution < -0.4 is 0 Å². The van der Waals surface area contributed by atoms with Crippen molar-refractivity contribution in [2.45, 2.75) is 44.9 Å². The van der Waals surface area contributed by atoms with Gasteiger partial charge in [-0.05, 0) is 44.4 Å². The Kier molecular flexibility index (Phi) is 3.16. The maximum atomic E-state index is 9.76. The van der Waals surface area contributed by atoms with Gasteiger partial charge < -0.3 is 14.3 Å². The smallest absolute Gasteiger partial charge is 0.134 e. The molecule has 0 saturated carbocycles. The highest BCUT2D eigenvalue weighted by molar-refractivity contribution is 5.82. The highest BCUT2D eigenvalue weighted by Gasteiger charge is 2.62. The Bertz CT molecular complexity index is 798. The molecule has 5 rings (SSSR count). The topological polar surface area (TPSA) is 45.8 Å². The van der Waals surface area contributed by atoms with E-state index in [0.717, 1.165) is 43.8 Å². The van der Waals surface area contributed by atoms with Crippen molar-refractivity contribution in [2.24, 2.45) is 11.8 Å². The summed E-state index contributed by atoms with van der Waals surface area (Å²) in [6, 6.07) is 6.39. The third kappa shape index (κ3) is 1.97. The van der Waals surface area contributed by atoms with Gasteiger partial charge in [0.1, 0.15) is 11.3 Å². The number of aliphatic hydroxyl groups excluding tert-OH is 1. The van der Waals surface area contributed by atoms with Crippen molar-refractivity contribution in [3.8, 4) is 0 Å². The van der Waals surface area contributed by atoms with Crippen LogP contribution in [0.2, 0.25) is 0 Å². The van der Waals surface area contributed by atoms with E-state index in [1.807, 2.05) is 0 Å². The molecule has 4 nitrogen and oxygen atoms in total. The lowest BCUT2D eigenvalue weighted by molar-refractivity contribution is -0.0000618. The Morgan fingerprint density at radius 3 is 3.04 bits per heavy atom. The Morgan fingerprint density at radius 2 is 2.21 bits per heavy atom. The first kappa shape index (κ1) is 14.9. The van der Waals surface area contributed by atoms with Crippen LogP contribution in [0.1, 0.15) is 29.7 Å². The number of likely N-dealkylation sites (tertiary alicyclic amines) is 1. The van der Waals surface area contributed by atoms with Crippen molar-refractivity contribution in [1.29, 1.82) is 0 Å². The van der Waals surface area contributed by atoms with Crippen molar-refractivity contribution >= 4 is 11.0 Å². The molecule has 3 aliphatic rings. The molecule has 4 atom stereocenters. The van der Waals surface area contributed by atoms with E-state index in [0.29, 0.717) is 11.8 Å². The van der Waals surface area contributed by atoms with Gasteiger partial charge in [-0.25, -0.2) is 0 Å². The van der Waals surface area contributed by atoms with E-state index in [4.69, 9.17) is 9.15 Å². The SMILES string of the molecule is Cc1ccc2oc(CN3C[C@@H]4[C@H](CO)[C@H]5CC[C@]4(C3)O5)c(C)c2c1. The largest absolute Gasteiger partial charge is 0.459 e. The van der Waals surface area contributed by atoms with Gasteiger partial charge in [-0.2, -0.15) is 0 Å². The van der Waals surface area contributed by atoms with Crippen molar-refractivity contribution < 1.29 is 14.3 Å². The molecule has 128 valence electrons. The van der Waals surface area contributed by atoms with E-state index in [1.54, 1.807) is 0 Å². The lowest BCUT2D eigenvalue weighted by atomic mass is 9.74. The molecule has 1 aromatic carbocycles. The number of ether oxygens (including phenoxy) is 1. The van der Waals surface area contributed by atoms with Gasteiger partial charge in [-0.1, -0.05) is 11.6 Å². The highest BCUT2D eigenvalue weighted by Crippen LogP contribution is 2.54. The molecular weight excluding hydrogens is 302 g/mol. The van der Waals surface area contributed by atoms with Crippen LogP contribution in [-0.4, -0.2) is 41.4 Å². The number of aliphatic hydroxyl groups is 1. The van der Waals surface area contributed by atoms with Crippen LogP contribution in [0.4, 0.5) is 0 Å². The van der Waals surface area contributed by atoms with Crippen molar-refractivity contribution in [1.82, 2.24) is 4.90 Å². The van der Waals surface area contributed by atoms with E-state index in [2.05, 4.69) is 36.9 Å². The average molecular weight is 327 g/mol. The number of furan rings is 1. The first-order valence-corrected chi connectivity index (χ1v) is 9.09.